The molecule has 158 valence electrons. The van der Waals surface area contributed by atoms with E-state index in [1.165, 1.54) is 43.6 Å². The maximum atomic E-state index is 13.0. The number of benzene rings is 2. The van der Waals surface area contributed by atoms with Crippen molar-refractivity contribution in [2.75, 3.05) is 13.7 Å². The first-order chi connectivity index (χ1) is 14.2. The van der Waals surface area contributed by atoms with E-state index in [1.54, 1.807) is 4.68 Å². The van der Waals surface area contributed by atoms with Crippen LogP contribution in [0.1, 0.15) is 5.56 Å². The summed E-state index contributed by atoms with van der Waals surface area (Å²) < 4.78 is 78.7. The number of hydrogen-bond acceptors (Lipinski definition) is 5. The van der Waals surface area contributed by atoms with E-state index in [-0.39, 0.29) is 16.4 Å². The van der Waals surface area contributed by atoms with Gasteiger partial charge < -0.3 is 9.47 Å². The van der Waals surface area contributed by atoms with Gasteiger partial charge in [-0.15, -0.1) is 0 Å². The molecule has 0 fully saturated rings. The van der Waals surface area contributed by atoms with Gasteiger partial charge in [0.15, 0.2) is 0 Å². The highest BCUT2D eigenvalue weighted by Crippen LogP contribution is 2.41. The molecule has 0 unspecified atom stereocenters. The Morgan fingerprint density at radius 2 is 1.97 bits per heavy atom. The maximum absolute atomic E-state index is 13.0. The number of fused-ring (bicyclic) bond motifs is 1. The van der Waals surface area contributed by atoms with Gasteiger partial charge in [-0.05, 0) is 43.4 Å². The third-order valence-electron chi connectivity index (χ3n) is 4.54. The van der Waals surface area contributed by atoms with Crippen LogP contribution in [0.3, 0.4) is 0 Å². The number of nitrogens with zero attached hydrogens (tertiary/aromatic N) is 2. The molecule has 0 aliphatic carbocycles. The SMILES string of the molecule is CNS(=O)(=O)c1ccc(Oc2cccc(C(F)(F)F)c2)c(-c2cnn3c2OCC3)c1. The van der Waals surface area contributed by atoms with Crippen molar-refractivity contribution >= 4 is 10.0 Å². The Morgan fingerprint density at radius 3 is 2.70 bits per heavy atom. The summed E-state index contributed by atoms with van der Waals surface area (Å²) >= 11 is 0. The van der Waals surface area contributed by atoms with Crippen LogP contribution < -0.4 is 14.2 Å². The molecule has 0 saturated heterocycles. The van der Waals surface area contributed by atoms with Crippen LogP contribution in [0.2, 0.25) is 0 Å². The summed E-state index contributed by atoms with van der Waals surface area (Å²) in [7, 11) is -2.48. The molecule has 2 heterocycles. The van der Waals surface area contributed by atoms with E-state index in [9.17, 15) is 21.6 Å². The first kappa shape index (κ1) is 20.2. The predicted octanol–water partition coefficient (Wildman–Crippen LogP) is 3.66. The van der Waals surface area contributed by atoms with Gasteiger partial charge in [-0.3, -0.25) is 0 Å². The van der Waals surface area contributed by atoms with E-state index in [0.29, 0.717) is 30.2 Å². The molecule has 1 N–H and O–H groups in total. The molecule has 1 aliphatic heterocycles. The topological polar surface area (TPSA) is 82.5 Å². The number of nitrogens with one attached hydrogen (secondary N) is 1. The monoisotopic (exact) mass is 439 g/mol. The van der Waals surface area contributed by atoms with Gasteiger partial charge in [0.2, 0.25) is 15.9 Å². The first-order valence-corrected chi connectivity index (χ1v) is 10.3. The molecule has 30 heavy (non-hydrogen) atoms. The van der Waals surface area contributed by atoms with E-state index < -0.39 is 21.8 Å². The summed E-state index contributed by atoms with van der Waals surface area (Å²) in [4.78, 5) is -0.0330. The first-order valence-electron chi connectivity index (χ1n) is 8.81. The molecule has 0 amide bonds. The van der Waals surface area contributed by atoms with Gasteiger partial charge in [-0.1, -0.05) is 6.07 Å². The van der Waals surface area contributed by atoms with E-state index in [2.05, 4.69) is 9.82 Å². The van der Waals surface area contributed by atoms with Crippen molar-refractivity contribution in [3.05, 3.63) is 54.2 Å². The molecule has 0 radical (unpaired) electrons. The van der Waals surface area contributed by atoms with Gasteiger partial charge in [0.25, 0.3) is 0 Å². The molecule has 0 bridgehead atoms. The summed E-state index contributed by atoms with van der Waals surface area (Å²) in [6.07, 6.45) is -3.02. The highest BCUT2D eigenvalue weighted by Gasteiger charge is 2.31. The molecule has 1 aromatic heterocycles. The predicted molar refractivity (Wildman–Crippen MR) is 101 cm³/mol. The summed E-state index contributed by atoms with van der Waals surface area (Å²) in [5, 5.41) is 4.20. The van der Waals surface area contributed by atoms with Crippen molar-refractivity contribution in [3.63, 3.8) is 0 Å². The Morgan fingerprint density at radius 1 is 1.17 bits per heavy atom. The maximum Gasteiger partial charge on any atom is 0.416 e. The molecule has 1 aliphatic rings. The molecule has 0 atom stereocenters. The number of halogens is 3. The number of aromatic nitrogens is 2. The van der Waals surface area contributed by atoms with E-state index in [4.69, 9.17) is 9.47 Å². The van der Waals surface area contributed by atoms with Crippen LogP contribution in [-0.4, -0.2) is 31.9 Å². The molecular weight excluding hydrogens is 423 g/mol. The summed E-state index contributed by atoms with van der Waals surface area (Å²) in [6, 6.07) is 8.50. The second-order valence-electron chi connectivity index (χ2n) is 6.43. The summed E-state index contributed by atoms with van der Waals surface area (Å²) in [5.74, 6) is 0.554. The lowest BCUT2D eigenvalue weighted by Gasteiger charge is -2.14. The lowest BCUT2D eigenvalue weighted by Crippen LogP contribution is -2.18. The molecule has 4 rings (SSSR count). The smallest absolute Gasteiger partial charge is 0.416 e. The largest absolute Gasteiger partial charge is 0.475 e. The number of hydrogen-bond donors (Lipinski definition) is 1. The molecule has 11 heteroatoms. The van der Waals surface area contributed by atoms with Crippen LogP contribution in [0.4, 0.5) is 13.2 Å². The second-order valence-corrected chi connectivity index (χ2v) is 8.31. The van der Waals surface area contributed by atoms with Gasteiger partial charge in [0.05, 0.1) is 28.8 Å². The van der Waals surface area contributed by atoms with Crippen molar-refractivity contribution < 1.29 is 31.1 Å². The second kappa shape index (κ2) is 7.33. The van der Waals surface area contributed by atoms with E-state index in [1.807, 2.05) is 0 Å². The Bertz CT molecular complexity index is 1210. The van der Waals surface area contributed by atoms with Crippen LogP contribution in [0.15, 0.2) is 53.6 Å². The zero-order valence-electron chi connectivity index (χ0n) is 15.6. The van der Waals surface area contributed by atoms with Crippen molar-refractivity contribution in [1.82, 2.24) is 14.5 Å². The van der Waals surface area contributed by atoms with Crippen LogP contribution in [0.5, 0.6) is 17.4 Å². The number of alkyl halides is 3. The highest BCUT2D eigenvalue weighted by molar-refractivity contribution is 7.89. The number of rotatable bonds is 5. The van der Waals surface area contributed by atoms with Gasteiger partial charge in [-0.25, -0.2) is 17.8 Å². The quantitative estimate of drug-likeness (QED) is 0.656. The normalized spacial score (nSPS) is 13.7. The number of sulfonamides is 1. The zero-order valence-corrected chi connectivity index (χ0v) is 16.4. The Labute approximate surface area is 170 Å². The lowest BCUT2D eigenvalue weighted by molar-refractivity contribution is -0.137. The van der Waals surface area contributed by atoms with Crippen LogP contribution in [-0.2, 0) is 22.7 Å². The Hall–Kier alpha value is -3.05. The standard InChI is InChI=1S/C19H16F3N3O4S/c1-23-30(26,27)14-5-6-17(29-13-4-2-3-12(9-13)19(20,21)22)15(10-14)16-11-24-25-7-8-28-18(16)25/h2-6,9-11,23H,7-8H2,1H3. The van der Waals surface area contributed by atoms with E-state index >= 15 is 0 Å². The molecular formula is C19H16F3N3O4S. The zero-order chi connectivity index (χ0) is 21.5. The molecule has 2 aromatic carbocycles. The molecule has 3 aromatic rings. The van der Waals surface area contributed by atoms with Crippen LogP contribution in [0.25, 0.3) is 11.1 Å². The minimum absolute atomic E-state index is 0.0330. The fourth-order valence-corrected chi connectivity index (χ4v) is 3.81. The summed E-state index contributed by atoms with van der Waals surface area (Å²) in [6.45, 7) is 0.947. The Kier molecular flexibility index (Phi) is 4.94. The summed E-state index contributed by atoms with van der Waals surface area (Å²) in [5.41, 5.74) is -0.0554. The minimum Gasteiger partial charge on any atom is -0.475 e. The van der Waals surface area contributed by atoms with Gasteiger partial charge >= 0.3 is 6.18 Å². The molecule has 0 spiro atoms. The highest BCUT2D eigenvalue weighted by atomic mass is 32.2. The van der Waals surface area contributed by atoms with Crippen molar-refractivity contribution in [2.24, 2.45) is 0 Å². The van der Waals surface area contributed by atoms with E-state index in [0.717, 1.165) is 12.1 Å². The average Bonchev–Trinajstić information content (AvgIpc) is 3.32. The van der Waals surface area contributed by atoms with Crippen molar-refractivity contribution in [3.8, 4) is 28.5 Å². The fourth-order valence-electron chi connectivity index (χ4n) is 3.06. The fraction of sp³-hybridized carbons (Fsp3) is 0.211. The van der Waals surface area contributed by atoms with Gasteiger partial charge in [0, 0.05) is 5.56 Å². The van der Waals surface area contributed by atoms with Crippen molar-refractivity contribution in [1.29, 1.82) is 0 Å². The third kappa shape index (κ3) is 3.73. The molecule has 0 saturated carbocycles. The van der Waals surface area contributed by atoms with Crippen LogP contribution in [0, 0.1) is 0 Å². The lowest BCUT2D eigenvalue weighted by atomic mass is 10.1. The van der Waals surface area contributed by atoms with Crippen LogP contribution >= 0.6 is 0 Å². The third-order valence-corrected chi connectivity index (χ3v) is 5.95. The van der Waals surface area contributed by atoms with Gasteiger partial charge in [0.1, 0.15) is 18.1 Å². The number of ether oxygens (including phenoxy) is 2. The van der Waals surface area contributed by atoms with Crippen molar-refractivity contribution in [2.45, 2.75) is 17.6 Å². The molecule has 7 nitrogen and oxygen atoms in total. The minimum atomic E-state index is -4.52. The van der Waals surface area contributed by atoms with Gasteiger partial charge in [-0.2, -0.15) is 18.3 Å². The Balaban J connectivity index is 1.82. The average molecular weight is 439 g/mol.